The Bertz CT molecular complexity index is 1250. The number of rotatable bonds is 7. The summed E-state index contributed by atoms with van der Waals surface area (Å²) in [7, 11) is 0. The lowest BCUT2D eigenvalue weighted by atomic mass is 9.93. The molecule has 1 fully saturated rings. The molecule has 1 saturated carbocycles. The number of thiophene rings is 1. The normalized spacial score (nSPS) is 16.3. The van der Waals surface area contributed by atoms with Gasteiger partial charge in [-0.05, 0) is 67.5 Å². The number of fused-ring (bicyclic) bond motifs is 1. The molecule has 1 aromatic carbocycles. The third kappa shape index (κ3) is 5.46. The van der Waals surface area contributed by atoms with Crippen LogP contribution in [0.15, 0.2) is 39.6 Å². The number of hydrogen-bond acceptors (Lipinski definition) is 8. The van der Waals surface area contributed by atoms with Crippen LogP contribution in [0.4, 0.5) is 10.7 Å². The SMILES string of the molecule is O=C(NC1CCCCC1)c1c(N=Cc2ccc(Sc3ncn[nH]3)c([N+](=O)[O-])c2)sc2c1CCCC2. The molecule has 2 aliphatic rings. The highest BCUT2D eigenvalue weighted by Gasteiger charge is 2.27. The van der Waals surface area contributed by atoms with Crippen LogP contribution in [0.25, 0.3) is 0 Å². The molecule has 0 saturated heterocycles. The standard InChI is InChI=1S/C24H26N6O3S2/c31-22(28-16-6-2-1-3-7-16)21-17-8-4-5-9-19(17)34-23(21)25-13-15-10-11-20(18(12-15)30(32)33)35-24-26-14-27-29-24/h10-14,16H,1-9H2,(H,28,31)(H,26,27,29). The summed E-state index contributed by atoms with van der Waals surface area (Å²) in [5, 5.41) is 22.6. The van der Waals surface area contributed by atoms with Gasteiger partial charge >= 0.3 is 0 Å². The first-order valence-electron chi connectivity index (χ1n) is 11.9. The van der Waals surface area contributed by atoms with E-state index >= 15 is 0 Å². The number of hydrogen-bond donors (Lipinski definition) is 2. The van der Waals surface area contributed by atoms with Crippen LogP contribution in [0.3, 0.4) is 0 Å². The molecule has 2 aliphatic carbocycles. The Hall–Kier alpha value is -3.05. The number of aromatic nitrogens is 3. The molecule has 11 heteroatoms. The zero-order chi connectivity index (χ0) is 24.2. The van der Waals surface area contributed by atoms with Crippen LogP contribution in [-0.4, -0.2) is 38.3 Å². The van der Waals surface area contributed by atoms with Crippen LogP contribution in [-0.2, 0) is 12.8 Å². The number of H-pyrrole nitrogens is 1. The summed E-state index contributed by atoms with van der Waals surface area (Å²) in [4.78, 5) is 35.0. The van der Waals surface area contributed by atoms with Crippen molar-refractivity contribution in [2.24, 2.45) is 4.99 Å². The minimum atomic E-state index is -0.414. The third-order valence-electron chi connectivity index (χ3n) is 6.43. The summed E-state index contributed by atoms with van der Waals surface area (Å²) in [5.74, 6) is -0.0340. The van der Waals surface area contributed by atoms with Crippen LogP contribution in [0.5, 0.6) is 0 Å². The Morgan fingerprint density at radius 3 is 2.83 bits per heavy atom. The molecule has 0 atom stereocenters. The molecule has 5 rings (SSSR count). The highest BCUT2D eigenvalue weighted by Crippen LogP contribution is 2.40. The van der Waals surface area contributed by atoms with Gasteiger partial charge in [0.25, 0.3) is 11.6 Å². The van der Waals surface area contributed by atoms with Gasteiger partial charge in [0.15, 0.2) is 5.16 Å². The molecule has 2 aromatic heterocycles. The number of carbonyl (C=O) groups is 1. The van der Waals surface area contributed by atoms with Crippen molar-refractivity contribution in [2.45, 2.75) is 73.9 Å². The van der Waals surface area contributed by atoms with Gasteiger partial charge in [0, 0.05) is 23.2 Å². The van der Waals surface area contributed by atoms with Crippen molar-refractivity contribution < 1.29 is 9.72 Å². The summed E-state index contributed by atoms with van der Waals surface area (Å²) >= 11 is 2.72. The van der Waals surface area contributed by atoms with Gasteiger partial charge in [-0.2, -0.15) is 5.10 Å². The maximum Gasteiger partial charge on any atom is 0.283 e. The molecule has 3 aromatic rings. The fourth-order valence-electron chi connectivity index (χ4n) is 4.71. The highest BCUT2D eigenvalue weighted by molar-refractivity contribution is 7.99. The number of carbonyl (C=O) groups excluding carboxylic acids is 1. The number of aliphatic imine (C=N–C) groups is 1. The fraction of sp³-hybridized carbons (Fsp3) is 0.417. The lowest BCUT2D eigenvalue weighted by Gasteiger charge is -2.23. The van der Waals surface area contributed by atoms with Gasteiger partial charge in [-0.1, -0.05) is 25.3 Å². The Morgan fingerprint density at radius 1 is 1.23 bits per heavy atom. The lowest BCUT2D eigenvalue weighted by Crippen LogP contribution is -2.36. The summed E-state index contributed by atoms with van der Waals surface area (Å²) in [6.45, 7) is 0. The maximum atomic E-state index is 13.3. The number of nitro benzene ring substituents is 1. The molecule has 9 nitrogen and oxygen atoms in total. The molecule has 35 heavy (non-hydrogen) atoms. The highest BCUT2D eigenvalue weighted by atomic mass is 32.2. The Morgan fingerprint density at radius 2 is 2.06 bits per heavy atom. The maximum absolute atomic E-state index is 13.3. The van der Waals surface area contributed by atoms with Crippen molar-refractivity contribution in [2.75, 3.05) is 0 Å². The van der Waals surface area contributed by atoms with Crippen molar-refractivity contribution in [3.8, 4) is 0 Å². The molecular weight excluding hydrogens is 484 g/mol. The molecular formula is C24H26N6O3S2. The molecule has 0 radical (unpaired) electrons. The van der Waals surface area contributed by atoms with Gasteiger partial charge < -0.3 is 5.32 Å². The molecule has 2 heterocycles. The van der Waals surface area contributed by atoms with E-state index in [1.165, 1.54) is 23.7 Å². The van der Waals surface area contributed by atoms with E-state index in [0.29, 0.717) is 26.2 Å². The number of nitro groups is 1. The van der Waals surface area contributed by atoms with Crippen molar-refractivity contribution >= 4 is 45.9 Å². The number of nitrogens with zero attached hydrogens (tertiary/aromatic N) is 4. The Balaban J connectivity index is 1.42. The Labute approximate surface area is 211 Å². The van der Waals surface area contributed by atoms with Gasteiger partial charge in [-0.25, -0.2) is 9.98 Å². The number of amides is 1. The topological polar surface area (TPSA) is 126 Å². The number of aromatic amines is 1. The second-order valence-electron chi connectivity index (χ2n) is 8.83. The molecule has 1 amide bonds. The molecule has 2 N–H and O–H groups in total. The van der Waals surface area contributed by atoms with Gasteiger partial charge in [-0.3, -0.25) is 20.0 Å². The van der Waals surface area contributed by atoms with E-state index in [4.69, 9.17) is 0 Å². The van der Waals surface area contributed by atoms with E-state index in [9.17, 15) is 14.9 Å². The number of aryl methyl sites for hydroxylation is 1. The van der Waals surface area contributed by atoms with Crippen molar-refractivity contribution in [1.29, 1.82) is 0 Å². The lowest BCUT2D eigenvalue weighted by molar-refractivity contribution is -0.387. The van der Waals surface area contributed by atoms with Gasteiger partial charge in [0.1, 0.15) is 11.3 Å². The van der Waals surface area contributed by atoms with E-state index in [0.717, 1.165) is 68.7 Å². The van der Waals surface area contributed by atoms with E-state index in [2.05, 4.69) is 25.5 Å². The fourth-order valence-corrected chi connectivity index (χ4v) is 6.72. The van der Waals surface area contributed by atoms with Crippen molar-refractivity contribution in [1.82, 2.24) is 20.5 Å². The Kier molecular flexibility index (Phi) is 7.24. The predicted molar refractivity (Wildman–Crippen MR) is 136 cm³/mol. The van der Waals surface area contributed by atoms with Crippen LogP contribution < -0.4 is 5.32 Å². The quantitative estimate of drug-likeness (QED) is 0.241. The first-order chi connectivity index (χ1) is 17.1. The van der Waals surface area contributed by atoms with Crippen molar-refractivity contribution in [3.05, 3.63) is 56.2 Å². The third-order valence-corrected chi connectivity index (χ3v) is 8.59. The average molecular weight is 511 g/mol. The molecule has 182 valence electrons. The number of nitrogens with one attached hydrogen (secondary N) is 2. The molecule has 0 bridgehead atoms. The minimum absolute atomic E-state index is 0.0314. The second kappa shape index (κ2) is 10.7. The summed E-state index contributed by atoms with van der Waals surface area (Å²) in [6.07, 6.45) is 12.6. The van der Waals surface area contributed by atoms with E-state index < -0.39 is 4.92 Å². The van der Waals surface area contributed by atoms with Gasteiger partial charge in [0.05, 0.1) is 15.4 Å². The summed E-state index contributed by atoms with van der Waals surface area (Å²) < 4.78 is 0. The van der Waals surface area contributed by atoms with Gasteiger partial charge in [0.2, 0.25) is 0 Å². The summed E-state index contributed by atoms with van der Waals surface area (Å²) in [5.41, 5.74) is 2.39. The van der Waals surface area contributed by atoms with Crippen LogP contribution in [0, 0.1) is 10.1 Å². The van der Waals surface area contributed by atoms with Crippen LogP contribution >= 0.6 is 23.1 Å². The predicted octanol–water partition coefficient (Wildman–Crippen LogP) is 5.62. The molecule has 0 unspecified atom stereocenters. The first-order valence-corrected chi connectivity index (χ1v) is 13.5. The zero-order valence-corrected chi connectivity index (χ0v) is 20.8. The van der Waals surface area contributed by atoms with E-state index in [1.807, 2.05) is 0 Å². The van der Waals surface area contributed by atoms with Crippen LogP contribution in [0.1, 0.15) is 71.3 Å². The number of benzene rings is 1. The monoisotopic (exact) mass is 510 g/mol. The van der Waals surface area contributed by atoms with E-state index in [1.54, 1.807) is 29.7 Å². The largest absolute Gasteiger partial charge is 0.349 e. The summed E-state index contributed by atoms with van der Waals surface area (Å²) in [6, 6.07) is 5.19. The minimum Gasteiger partial charge on any atom is -0.349 e. The molecule has 0 aliphatic heterocycles. The second-order valence-corrected chi connectivity index (χ2v) is 10.9. The van der Waals surface area contributed by atoms with E-state index in [-0.39, 0.29) is 17.6 Å². The average Bonchev–Trinajstić information content (AvgIpc) is 3.51. The molecule has 0 spiro atoms. The zero-order valence-electron chi connectivity index (χ0n) is 19.2. The smallest absolute Gasteiger partial charge is 0.283 e. The van der Waals surface area contributed by atoms with Crippen molar-refractivity contribution in [3.63, 3.8) is 0 Å². The van der Waals surface area contributed by atoms with Gasteiger partial charge in [-0.15, -0.1) is 11.3 Å². The first kappa shape index (κ1) is 23.7. The van der Waals surface area contributed by atoms with Crippen LogP contribution in [0.2, 0.25) is 0 Å².